The minimum atomic E-state index is -1.13. The van der Waals surface area contributed by atoms with Gasteiger partial charge in [-0.25, -0.2) is 4.79 Å². The summed E-state index contributed by atoms with van der Waals surface area (Å²) in [6.45, 7) is 3.72. The predicted molar refractivity (Wildman–Crippen MR) is 57.6 cm³/mol. The smallest absolute Gasteiger partial charge is 0.371 e. The van der Waals surface area contributed by atoms with Crippen LogP contribution in [0.25, 0.3) is 0 Å². The molecule has 0 aliphatic rings. The largest absolute Gasteiger partial charge is 0.475 e. The number of carbonyl (C=O) groups is 2. The molecule has 0 spiro atoms. The van der Waals surface area contributed by atoms with Crippen molar-refractivity contribution in [3.8, 4) is 0 Å². The second kappa shape index (κ2) is 5.60. The quantitative estimate of drug-likeness (QED) is 0.630. The molecular formula is C10H12O5S. The van der Waals surface area contributed by atoms with Crippen molar-refractivity contribution >= 4 is 23.7 Å². The van der Waals surface area contributed by atoms with Gasteiger partial charge in [0.25, 0.3) is 0 Å². The van der Waals surface area contributed by atoms with Gasteiger partial charge < -0.3 is 14.3 Å². The van der Waals surface area contributed by atoms with Crippen LogP contribution in [0.15, 0.2) is 21.6 Å². The highest BCUT2D eigenvalue weighted by Gasteiger charge is 2.18. The van der Waals surface area contributed by atoms with Crippen molar-refractivity contribution in [3.05, 3.63) is 17.9 Å². The second-order valence-electron chi connectivity index (χ2n) is 2.94. The van der Waals surface area contributed by atoms with E-state index in [2.05, 4.69) is 0 Å². The third-order valence-electron chi connectivity index (χ3n) is 1.70. The molecule has 6 heteroatoms. The number of ether oxygens (including phenoxy) is 1. The van der Waals surface area contributed by atoms with Gasteiger partial charge in [-0.1, -0.05) is 11.8 Å². The van der Waals surface area contributed by atoms with Crippen LogP contribution in [0, 0.1) is 0 Å². The van der Waals surface area contributed by atoms with Crippen molar-refractivity contribution in [1.82, 2.24) is 0 Å². The molecule has 1 atom stereocenters. The second-order valence-corrected chi connectivity index (χ2v) is 4.28. The number of furan rings is 1. The SMILES string of the molecule is CCOC(=O)C(C)Sc1ccc(C(=O)O)o1. The van der Waals surface area contributed by atoms with E-state index in [0.717, 1.165) is 11.8 Å². The van der Waals surface area contributed by atoms with Crippen LogP contribution in [0.4, 0.5) is 0 Å². The summed E-state index contributed by atoms with van der Waals surface area (Å²) in [4.78, 5) is 21.8. The number of carbonyl (C=O) groups excluding carboxylic acids is 1. The fourth-order valence-electron chi connectivity index (χ4n) is 0.980. The first-order chi connectivity index (χ1) is 7.54. The Labute approximate surface area is 96.8 Å². The Hall–Kier alpha value is -1.43. The number of rotatable bonds is 5. The highest BCUT2D eigenvalue weighted by molar-refractivity contribution is 8.00. The zero-order chi connectivity index (χ0) is 12.1. The van der Waals surface area contributed by atoms with Gasteiger partial charge in [-0.15, -0.1) is 0 Å². The van der Waals surface area contributed by atoms with Gasteiger partial charge in [0.2, 0.25) is 5.76 Å². The van der Waals surface area contributed by atoms with E-state index in [1.165, 1.54) is 12.1 Å². The Kier molecular flexibility index (Phi) is 4.42. The molecule has 0 aliphatic carbocycles. The lowest BCUT2D eigenvalue weighted by atomic mass is 10.5. The molecule has 0 bridgehead atoms. The van der Waals surface area contributed by atoms with Crippen LogP contribution in [0.3, 0.4) is 0 Å². The summed E-state index contributed by atoms with van der Waals surface area (Å²) >= 11 is 1.13. The molecule has 0 aromatic carbocycles. The Morgan fingerprint density at radius 2 is 2.25 bits per heavy atom. The van der Waals surface area contributed by atoms with E-state index in [9.17, 15) is 9.59 Å². The zero-order valence-electron chi connectivity index (χ0n) is 8.93. The molecule has 1 rings (SSSR count). The molecule has 0 aliphatic heterocycles. The van der Waals surface area contributed by atoms with Crippen LogP contribution in [0.5, 0.6) is 0 Å². The van der Waals surface area contributed by atoms with E-state index < -0.39 is 11.2 Å². The Balaban J connectivity index is 2.59. The van der Waals surface area contributed by atoms with Crippen molar-refractivity contribution in [2.75, 3.05) is 6.61 Å². The standard InChI is InChI=1S/C10H12O5S/c1-3-14-10(13)6(2)16-8-5-4-7(15-8)9(11)12/h4-6H,3H2,1-2H3,(H,11,12). The highest BCUT2D eigenvalue weighted by atomic mass is 32.2. The third-order valence-corrected chi connectivity index (χ3v) is 2.70. The van der Waals surface area contributed by atoms with Gasteiger partial charge in [-0.2, -0.15) is 0 Å². The summed E-state index contributed by atoms with van der Waals surface area (Å²) in [5, 5.41) is 8.59. The molecule has 0 fully saturated rings. The fourth-order valence-corrected chi connectivity index (χ4v) is 1.78. The molecule has 0 saturated carbocycles. The van der Waals surface area contributed by atoms with Gasteiger partial charge in [0, 0.05) is 0 Å². The Bertz CT molecular complexity index is 384. The molecule has 0 saturated heterocycles. The molecule has 5 nitrogen and oxygen atoms in total. The summed E-state index contributed by atoms with van der Waals surface area (Å²) in [5.74, 6) is -1.62. The topological polar surface area (TPSA) is 76.7 Å². The van der Waals surface area contributed by atoms with E-state index in [0.29, 0.717) is 11.7 Å². The molecule has 1 heterocycles. The predicted octanol–water partition coefficient (Wildman–Crippen LogP) is 2.02. The van der Waals surface area contributed by atoms with Gasteiger partial charge >= 0.3 is 11.9 Å². The first-order valence-corrected chi connectivity index (χ1v) is 5.59. The average molecular weight is 244 g/mol. The number of hydrogen-bond acceptors (Lipinski definition) is 5. The van der Waals surface area contributed by atoms with Crippen molar-refractivity contribution < 1.29 is 23.8 Å². The summed E-state index contributed by atoms with van der Waals surface area (Å²) in [6.07, 6.45) is 0. The van der Waals surface area contributed by atoms with Gasteiger partial charge in [0.15, 0.2) is 5.09 Å². The van der Waals surface area contributed by atoms with Crippen molar-refractivity contribution in [3.63, 3.8) is 0 Å². The highest BCUT2D eigenvalue weighted by Crippen LogP contribution is 2.26. The van der Waals surface area contributed by atoms with Crippen LogP contribution >= 0.6 is 11.8 Å². The van der Waals surface area contributed by atoms with Crippen LogP contribution in [-0.2, 0) is 9.53 Å². The third kappa shape index (κ3) is 3.30. The normalized spacial score (nSPS) is 12.1. The van der Waals surface area contributed by atoms with E-state index >= 15 is 0 Å². The maximum atomic E-state index is 11.3. The van der Waals surface area contributed by atoms with Crippen LogP contribution in [-0.4, -0.2) is 28.9 Å². The molecular weight excluding hydrogens is 232 g/mol. The molecule has 0 radical (unpaired) electrons. The molecule has 1 aromatic rings. The van der Waals surface area contributed by atoms with Gasteiger partial charge in [-0.05, 0) is 26.0 Å². The van der Waals surface area contributed by atoms with Crippen molar-refractivity contribution in [2.45, 2.75) is 24.2 Å². The van der Waals surface area contributed by atoms with Crippen molar-refractivity contribution in [1.29, 1.82) is 0 Å². The molecule has 1 unspecified atom stereocenters. The lowest BCUT2D eigenvalue weighted by molar-refractivity contribution is -0.142. The van der Waals surface area contributed by atoms with Gasteiger partial charge in [0.05, 0.1) is 6.61 Å². The Morgan fingerprint density at radius 1 is 1.56 bits per heavy atom. The summed E-state index contributed by atoms with van der Waals surface area (Å²) in [5.41, 5.74) is 0. The molecule has 88 valence electrons. The maximum absolute atomic E-state index is 11.3. The summed E-state index contributed by atoms with van der Waals surface area (Å²) in [7, 11) is 0. The lowest BCUT2D eigenvalue weighted by Gasteiger charge is -2.07. The maximum Gasteiger partial charge on any atom is 0.371 e. The summed E-state index contributed by atoms with van der Waals surface area (Å²) < 4.78 is 9.81. The number of hydrogen-bond donors (Lipinski definition) is 1. The number of aromatic carboxylic acids is 1. The van der Waals surface area contributed by atoms with Crippen LogP contribution in [0.2, 0.25) is 0 Å². The number of esters is 1. The molecule has 1 N–H and O–H groups in total. The number of carboxylic acids is 1. The van der Waals surface area contributed by atoms with Crippen LogP contribution in [0.1, 0.15) is 24.4 Å². The lowest BCUT2D eigenvalue weighted by Crippen LogP contribution is -2.16. The van der Waals surface area contributed by atoms with Crippen LogP contribution < -0.4 is 0 Å². The first-order valence-electron chi connectivity index (χ1n) is 4.71. The molecule has 0 amide bonds. The van der Waals surface area contributed by atoms with E-state index in [1.807, 2.05) is 0 Å². The Morgan fingerprint density at radius 3 is 2.75 bits per heavy atom. The van der Waals surface area contributed by atoms with E-state index in [1.54, 1.807) is 13.8 Å². The fraction of sp³-hybridized carbons (Fsp3) is 0.400. The average Bonchev–Trinajstić information content (AvgIpc) is 2.66. The van der Waals surface area contributed by atoms with Gasteiger partial charge in [0.1, 0.15) is 5.25 Å². The monoisotopic (exact) mass is 244 g/mol. The number of carboxylic acid groups (broad SMARTS) is 1. The van der Waals surface area contributed by atoms with E-state index in [4.69, 9.17) is 14.3 Å². The molecule has 1 aromatic heterocycles. The van der Waals surface area contributed by atoms with E-state index in [-0.39, 0.29) is 11.7 Å². The van der Waals surface area contributed by atoms with Crippen molar-refractivity contribution in [2.24, 2.45) is 0 Å². The van der Waals surface area contributed by atoms with Gasteiger partial charge in [-0.3, -0.25) is 4.79 Å². The minimum absolute atomic E-state index is 0.140. The minimum Gasteiger partial charge on any atom is -0.475 e. The molecule has 16 heavy (non-hydrogen) atoms. The first kappa shape index (κ1) is 12.6. The number of thioether (sulfide) groups is 1. The zero-order valence-corrected chi connectivity index (χ0v) is 9.74. The summed E-state index contributed by atoms with van der Waals surface area (Å²) in [6, 6.07) is 2.87.